The molecule has 2 aliphatic rings. The van der Waals surface area contributed by atoms with Crippen molar-refractivity contribution in [2.45, 2.75) is 18.9 Å². The number of nitrogens with zero attached hydrogens (tertiary/aromatic N) is 7. The van der Waals surface area contributed by atoms with Gasteiger partial charge in [-0.25, -0.2) is 4.98 Å². The first-order valence-electron chi connectivity index (χ1n) is 9.72. The van der Waals surface area contributed by atoms with Crippen LogP contribution in [0.3, 0.4) is 0 Å². The van der Waals surface area contributed by atoms with Gasteiger partial charge >= 0.3 is 0 Å². The first-order chi connectivity index (χ1) is 13.8. The molecule has 0 bridgehead atoms. The number of aliphatic hydroxyl groups is 1. The number of aromatic nitrogens is 5. The number of morpholine rings is 1. The predicted octanol–water partition coefficient (Wildman–Crippen LogP) is 1.01. The van der Waals surface area contributed by atoms with E-state index < -0.39 is 0 Å². The highest BCUT2D eigenvalue weighted by Gasteiger charge is 2.24. The lowest BCUT2D eigenvalue weighted by atomic mass is 10.1. The van der Waals surface area contributed by atoms with Crippen LogP contribution in [-0.4, -0.2) is 75.1 Å². The lowest BCUT2D eigenvalue weighted by Crippen LogP contribution is -2.41. The van der Waals surface area contributed by atoms with Crippen LogP contribution in [-0.2, 0) is 4.74 Å². The van der Waals surface area contributed by atoms with Gasteiger partial charge in [-0.1, -0.05) is 12.1 Å². The SMILES string of the molecule is OC1CCCN(c2nc(N3CCOCC3)nc(-n3cnc4ccccc43)n2)C1. The Morgan fingerprint density at radius 2 is 1.68 bits per heavy atom. The second-order valence-corrected chi connectivity index (χ2v) is 7.18. The Hall–Kier alpha value is -2.78. The molecule has 1 aromatic carbocycles. The molecule has 2 aromatic heterocycles. The zero-order valence-corrected chi connectivity index (χ0v) is 15.6. The Balaban J connectivity index is 1.60. The fourth-order valence-corrected chi connectivity index (χ4v) is 3.75. The van der Waals surface area contributed by atoms with Crippen molar-refractivity contribution in [3.05, 3.63) is 30.6 Å². The summed E-state index contributed by atoms with van der Waals surface area (Å²) in [6, 6.07) is 7.92. The van der Waals surface area contributed by atoms with Gasteiger partial charge in [0, 0.05) is 26.2 Å². The van der Waals surface area contributed by atoms with Gasteiger partial charge in [-0.3, -0.25) is 4.57 Å². The molecule has 0 aliphatic carbocycles. The van der Waals surface area contributed by atoms with Crippen LogP contribution in [0, 0.1) is 0 Å². The molecule has 0 spiro atoms. The normalized spacial score (nSPS) is 20.7. The number of para-hydroxylation sites is 2. The van der Waals surface area contributed by atoms with Crippen molar-refractivity contribution in [2.75, 3.05) is 49.2 Å². The zero-order chi connectivity index (χ0) is 18.9. The Morgan fingerprint density at radius 1 is 0.929 bits per heavy atom. The molecule has 28 heavy (non-hydrogen) atoms. The van der Waals surface area contributed by atoms with Gasteiger partial charge in [-0.05, 0) is 25.0 Å². The van der Waals surface area contributed by atoms with Crippen molar-refractivity contribution in [1.82, 2.24) is 24.5 Å². The molecule has 9 heteroatoms. The summed E-state index contributed by atoms with van der Waals surface area (Å²) in [6.45, 7) is 4.18. The summed E-state index contributed by atoms with van der Waals surface area (Å²) < 4.78 is 7.36. The smallest absolute Gasteiger partial charge is 0.242 e. The van der Waals surface area contributed by atoms with Gasteiger partial charge in [-0.2, -0.15) is 15.0 Å². The molecule has 2 saturated heterocycles. The lowest BCUT2D eigenvalue weighted by molar-refractivity contribution is 0.122. The summed E-state index contributed by atoms with van der Waals surface area (Å²) in [5, 5.41) is 10.1. The lowest BCUT2D eigenvalue weighted by Gasteiger charge is -2.32. The van der Waals surface area contributed by atoms with Gasteiger partial charge in [0.25, 0.3) is 0 Å². The van der Waals surface area contributed by atoms with Gasteiger partial charge in [0.2, 0.25) is 17.8 Å². The summed E-state index contributed by atoms with van der Waals surface area (Å²) in [5.74, 6) is 1.78. The number of fused-ring (bicyclic) bond motifs is 1. The molecule has 2 fully saturated rings. The molecule has 0 saturated carbocycles. The van der Waals surface area contributed by atoms with Crippen LogP contribution in [0.4, 0.5) is 11.9 Å². The fraction of sp³-hybridized carbons (Fsp3) is 0.474. The van der Waals surface area contributed by atoms with E-state index in [4.69, 9.17) is 19.7 Å². The molecular formula is C19H23N7O2. The fourth-order valence-electron chi connectivity index (χ4n) is 3.75. The number of hydrogen-bond donors (Lipinski definition) is 1. The van der Waals surface area contributed by atoms with E-state index in [0.29, 0.717) is 37.6 Å². The molecule has 1 atom stereocenters. The number of benzene rings is 1. The van der Waals surface area contributed by atoms with Crippen molar-refractivity contribution in [3.8, 4) is 5.95 Å². The Morgan fingerprint density at radius 3 is 2.50 bits per heavy atom. The van der Waals surface area contributed by atoms with E-state index in [2.05, 4.69) is 9.88 Å². The van der Waals surface area contributed by atoms with E-state index in [0.717, 1.165) is 43.5 Å². The third-order valence-electron chi connectivity index (χ3n) is 5.24. The third kappa shape index (κ3) is 3.27. The summed E-state index contributed by atoms with van der Waals surface area (Å²) in [5.41, 5.74) is 1.84. The van der Waals surface area contributed by atoms with Crippen molar-refractivity contribution in [1.29, 1.82) is 0 Å². The first-order valence-corrected chi connectivity index (χ1v) is 9.72. The average Bonchev–Trinajstić information content (AvgIpc) is 3.18. The maximum atomic E-state index is 10.1. The second-order valence-electron chi connectivity index (χ2n) is 7.18. The molecule has 1 unspecified atom stereocenters. The summed E-state index contributed by atoms with van der Waals surface area (Å²) in [7, 11) is 0. The van der Waals surface area contributed by atoms with Gasteiger partial charge in [0.1, 0.15) is 6.33 Å². The average molecular weight is 381 g/mol. The van der Waals surface area contributed by atoms with Crippen LogP contribution in [0.25, 0.3) is 17.0 Å². The monoisotopic (exact) mass is 381 g/mol. The highest BCUT2D eigenvalue weighted by molar-refractivity contribution is 5.76. The van der Waals surface area contributed by atoms with Crippen LogP contribution < -0.4 is 9.80 Å². The number of rotatable bonds is 3. The molecule has 1 N–H and O–H groups in total. The van der Waals surface area contributed by atoms with E-state index in [9.17, 15) is 5.11 Å². The predicted molar refractivity (Wildman–Crippen MR) is 105 cm³/mol. The summed E-state index contributed by atoms with van der Waals surface area (Å²) in [6.07, 6.45) is 3.13. The van der Waals surface area contributed by atoms with Crippen LogP contribution in [0.5, 0.6) is 0 Å². The number of piperidine rings is 1. The number of β-amino-alcohol motifs (C(OH)–C–C–N with tert-alkyl or cyclic N) is 1. The number of anilines is 2. The largest absolute Gasteiger partial charge is 0.391 e. The summed E-state index contributed by atoms with van der Waals surface area (Å²) >= 11 is 0. The minimum absolute atomic E-state index is 0.352. The number of ether oxygens (including phenoxy) is 1. The minimum Gasteiger partial charge on any atom is -0.391 e. The maximum Gasteiger partial charge on any atom is 0.242 e. The van der Waals surface area contributed by atoms with Gasteiger partial charge in [-0.15, -0.1) is 0 Å². The Labute approximate surface area is 162 Å². The molecule has 0 amide bonds. The number of aliphatic hydroxyl groups excluding tert-OH is 1. The first kappa shape index (κ1) is 17.3. The number of hydrogen-bond acceptors (Lipinski definition) is 8. The van der Waals surface area contributed by atoms with Crippen molar-refractivity contribution < 1.29 is 9.84 Å². The molecule has 146 valence electrons. The van der Waals surface area contributed by atoms with Crippen molar-refractivity contribution >= 4 is 22.9 Å². The molecule has 0 radical (unpaired) electrons. The van der Waals surface area contributed by atoms with E-state index in [1.54, 1.807) is 6.33 Å². The van der Waals surface area contributed by atoms with Crippen LogP contribution in [0.1, 0.15) is 12.8 Å². The Kier molecular flexibility index (Phi) is 4.53. The quantitative estimate of drug-likeness (QED) is 0.719. The molecule has 4 heterocycles. The molecule has 3 aromatic rings. The van der Waals surface area contributed by atoms with Crippen LogP contribution in [0.2, 0.25) is 0 Å². The maximum absolute atomic E-state index is 10.1. The molecule has 2 aliphatic heterocycles. The minimum atomic E-state index is -0.352. The van der Waals surface area contributed by atoms with E-state index in [-0.39, 0.29) is 6.10 Å². The van der Waals surface area contributed by atoms with E-state index >= 15 is 0 Å². The zero-order valence-electron chi connectivity index (χ0n) is 15.6. The van der Waals surface area contributed by atoms with E-state index in [1.165, 1.54) is 0 Å². The summed E-state index contributed by atoms with van der Waals surface area (Å²) in [4.78, 5) is 22.9. The van der Waals surface area contributed by atoms with Gasteiger partial charge in [0.15, 0.2) is 0 Å². The third-order valence-corrected chi connectivity index (χ3v) is 5.24. The van der Waals surface area contributed by atoms with Gasteiger partial charge < -0.3 is 19.6 Å². The van der Waals surface area contributed by atoms with Crippen LogP contribution in [0.15, 0.2) is 30.6 Å². The van der Waals surface area contributed by atoms with Crippen molar-refractivity contribution in [3.63, 3.8) is 0 Å². The molecule has 5 rings (SSSR count). The molecular weight excluding hydrogens is 358 g/mol. The second kappa shape index (κ2) is 7.33. The molecule has 9 nitrogen and oxygen atoms in total. The van der Waals surface area contributed by atoms with Gasteiger partial charge in [0.05, 0.1) is 30.4 Å². The topological polar surface area (TPSA) is 92.4 Å². The van der Waals surface area contributed by atoms with Crippen LogP contribution >= 0.6 is 0 Å². The highest BCUT2D eigenvalue weighted by atomic mass is 16.5. The standard InChI is InChI=1S/C19H23N7O2/c27-14-4-3-7-25(12-14)18-21-17(24-8-10-28-11-9-24)22-19(23-18)26-13-20-15-5-1-2-6-16(15)26/h1-2,5-6,13-14,27H,3-4,7-12H2. The number of imidazole rings is 1. The van der Waals surface area contributed by atoms with E-state index in [1.807, 2.05) is 33.7 Å². The highest BCUT2D eigenvalue weighted by Crippen LogP contribution is 2.23. The Bertz CT molecular complexity index is 970. The van der Waals surface area contributed by atoms with Crippen molar-refractivity contribution in [2.24, 2.45) is 0 Å².